The number of carbonyl (C=O) groups is 1. The number of anilines is 1. The molecule has 4 rings (SSSR count). The molecule has 6 heteroatoms. The van der Waals surface area contributed by atoms with E-state index in [2.05, 4.69) is 22.2 Å². The van der Waals surface area contributed by atoms with Gasteiger partial charge in [-0.2, -0.15) is 0 Å². The van der Waals surface area contributed by atoms with Crippen LogP contribution >= 0.6 is 0 Å². The van der Waals surface area contributed by atoms with Crippen LogP contribution in [0.2, 0.25) is 0 Å². The summed E-state index contributed by atoms with van der Waals surface area (Å²) in [4.78, 5) is 34.6. The molecule has 2 heterocycles. The summed E-state index contributed by atoms with van der Waals surface area (Å²) in [5.74, 6) is -0.203. The second kappa shape index (κ2) is 8.52. The third-order valence-electron chi connectivity index (χ3n) is 5.20. The summed E-state index contributed by atoms with van der Waals surface area (Å²) in [5, 5.41) is 2.90. The molecule has 0 aliphatic carbocycles. The van der Waals surface area contributed by atoms with Gasteiger partial charge in [-0.3, -0.25) is 14.2 Å². The lowest BCUT2D eigenvalue weighted by molar-refractivity contribution is 0.102. The van der Waals surface area contributed by atoms with Crippen molar-refractivity contribution in [3.05, 3.63) is 88.3 Å². The molecule has 4 aromatic rings. The minimum atomic E-state index is -0.203. The molecule has 0 saturated heterocycles. The van der Waals surface area contributed by atoms with Gasteiger partial charge in [0.15, 0.2) is 5.65 Å². The SMILES string of the molecule is CCc1ccc(NC(=O)c2ccc(-c3nc4cccnc4n(C(C)C)c3=O)cc2)cc1. The number of rotatable bonds is 5. The Labute approximate surface area is 180 Å². The van der Waals surface area contributed by atoms with E-state index in [4.69, 9.17) is 0 Å². The first kappa shape index (κ1) is 20.5. The third-order valence-corrected chi connectivity index (χ3v) is 5.20. The number of nitrogens with one attached hydrogen (secondary N) is 1. The molecule has 1 N–H and O–H groups in total. The first-order valence-corrected chi connectivity index (χ1v) is 10.4. The van der Waals surface area contributed by atoms with E-state index in [0.717, 1.165) is 12.1 Å². The lowest BCUT2D eigenvalue weighted by atomic mass is 10.1. The van der Waals surface area contributed by atoms with Crippen LogP contribution in [0.4, 0.5) is 5.69 Å². The maximum absolute atomic E-state index is 13.1. The summed E-state index contributed by atoms with van der Waals surface area (Å²) in [6.07, 6.45) is 2.61. The molecule has 1 amide bonds. The van der Waals surface area contributed by atoms with Gasteiger partial charge in [0.1, 0.15) is 11.2 Å². The van der Waals surface area contributed by atoms with E-state index in [1.54, 1.807) is 41.1 Å². The van der Waals surface area contributed by atoms with Crippen LogP contribution in [0.1, 0.15) is 42.7 Å². The van der Waals surface area contributed by atoms with Crippen molar-refractivity contribution < 1.29 is 4.79 Å². The van der Waals surface area contributed by atoms with Crippen molar-refractivity contribution >= 4 is 22.8 Å². The van der Waals surface area contributed by atoms with Crippen molar-refractivity contribution in [2.24, 2.45) is 0 Å². The largest absolute Gasteiger partial charge is 0.322 e. The molecule has 0 bridgehead atoms. The summed E-state index contributed by atoms with van der Waals surface area (Å²) < 4.78 is 1.65. The number of nitrogens with zero attached hydrogens (tertiary/aromatic N) is 3. The average Bonchev–Trinajstić information content (AvgIpc) is 2.79. The topological polar surface area (TPSA) is 76.9 Å². The molecule has 0 aliphatic heterocycles. The van der Waals surface area contributed by atoms with Crippen molar-refractivity contribution in [2.45, 2.75) is 33.2 Å². The van der Waals surface area contributed by atoms with Crippen molar-refractivity contribution in [3.63, 3.8) is 0 Å². The van der Waals surface area contributed by atoms with Crippen LogP contribution in [-0.4, -0.2) is 20.4 Å². The molecule has 0 radical (unpaired) electrons. The highest BCUT2D eigenvalue weighted by Crippen LogP contribution is 2.20. The van der Waals surface area contributed by atoms with E-state index >= 15 is 0 Å². The monoisotopic (exact) mass is 412 g/mol. The normalized spacial score (nSPS) is 11.1. The van der Waals surface area contributed by atoms with Crippen LogP contribution in [0, 0.1) is 0 Å². The fraction of sp³-hybridized carbons (Fsp3) is 0.200. The van der Waals surface area contributed by atoms with Crippen LogP contribution in [0.3, 0.4) is 0 Å². The number of aryl methyl sites for hydroxylation is 1. The minimum absolute atomic E-state index is 0.0594. The number of benzene rings is 2. The molecule has 31 heavy (non-hydrogen) atoms. The molecule has 0 unspecified atom stereocenters. The van der Waals surface area contributed by atoms with E-state index in [9.17, 15) is 9.59 Å². The molecule has 6 nitrogen and oxygen atoms in total. The van der Waals surface area contributed by atoms with Crippen molar-refractivity contribution in [1.82, 2.24) is 14.5 Å². The number of pyridine rings is 1. The lowest BCUT2D eigenvalue weighted by Crippen LogP contribution is -2.25. The van der Waals surface area contributed by atoms with Crippen molar-refractivity contribution in [1.29, 1.82) is 0 Å². The molecule has 0 atom stereocenters. The summed E-state index contributed by atoms with van der Waals surface area (Å²) in [7, 11) is 0. The van der Waals surface area contributed by atoms with Crippen molar-refractivity contribution in [2.75, 3.05) is 5.32 Å². The maximum Gasteiger partial charge on any atom is 0.278 e. The summed E-state index contributed by atoms with van der Waals surface area (Å²) in [6, 6.07) is 18.3. The summed E-state index contributed by atoms with van der Waals surface area (Å²) >= 11 is 0. The minimum Gasteiger partial charge on any atom is -0.322 e. The first-order valence-electron chi connectivity index (χ1n) is 10.4. The molecule has 2 aromatic heterocycles. The molecule has 0 saturated carbocycles. The van der Waals surface area contributed by atoms with Gasteiger partial charge in [-0.05, 0) is 62.2 Å². The first-order chi connectivity index (χ1) is 15.0. The Morgan fingerprint density at radius 3 is 2.39 bits per heavy atom. The molecule has 0 spiro atoms. The molecule has 156 valence electrons. The zero-order valence-electron chi connectivity index (χ0n) is 17.8. The highest BCUT2D eigenvalue weighted by Gasteiger charge is 2.16. The van der Waals surface area contributed by atoms with Gasteiger partial charge in [-0.15, -0.1) is 0 Å². The fourth-order valence-electron chi connectivity index (χ4n) is 3.51. The highest BCUT2D eigenvalue weighted by atomic mass is 16.1. The molecule has 0 fully saturated rings. The van der Waals surface area contributed by atoms with Gasteiger partial charge in [-0.1, -0.05) is 31.2 Å². The quantitative estimate of drug-likeness (QED) is 0.508. The maximum atomic E-state index is 13.1. The van der Waals surface area contributed by atoms with E-state index < -0.39 is 0 Å². The number of amides is 1. The Balaban J connectivity index is 1.65. The second-order valence-electron chi connectivity index (χ2n) is 7.66. The van der Waals surface area contributed by atoms with Gasteiger partial charge in [0.25, 0.3) is 11.5 Å². The van der Waals surface area contributed by atoms with Gasteiger partial charge in [0.05, 0.1) is 0 Å². The van der Waals surface area contributed by atoms with Gasteiger partial charge in [0.2, 0.25) is 0 Å². The van der Waals surface area contributed by atoms with Gasteiger partial charge in [-0.25, -0.2) is 9.97 Å². The zero-order chi connectivity index (χ0) is 22.0. The Kier molecular flexibility index (Phi) is 5.62. The Morgan fingerprint density at radius 1 is 1.03 bits per heavy atom. The lowest BCUT2D eigenvalue weighted by Gasteiger charge is -2.14. The van der Waals surface area contributed by atoms with Gasteiger partial charge < -0.3 is 5.32 Å². The Morgan fingerprint density at radius 2 is 1.74 bits per heavy atom. The Hall–Kier alpha value is -3.80. The van der Waals surface area contributed by atoms with Gasteiger partial charge in [0, 0.05) is 29.1 Å². The molecular weight excluding hydrogens is 388 g/mol. The number of hydrogen-bond donors (Lipinski definition) is 1. The predicted molar refractivity (Wildman–Crippen MR) is 123 cm³/mol. The molecular formula is C25H24N4O2. The number of fused-ring (bicyclic) bond motifs is 1. The highest BCUT2D eigenvalue weighted by molar-refractivity contribution is 6.04. The van der Waals surface area contributed by atoms with Crippen molar-refractivity contribution in [3.8, 4) is 11.3 Å². The van der Waals surface area contributed by atoms with E-state index in [-0.39, 0.29) is 17.5 Å². The van der Waals surface area contributed by atoms with E-state index in [1.165, 1.54) is 5.56 Å². The van der Waals surface area contributed by atoms with Gasteiger partial charge >= 0.3 is 0 Å². The molecule has 2 aromatic carbocycles. The molecule has 0 aliphatic rings. The number of carbonyl (C=O) groups excluding carboxylic acids is 1. The average molecular weight is 412 g/mol. The second-order valence-corrected chi connectivity index (χ2v) is 7.66. The van der Waals surface area contributed by atoms with E-state index in [0.29, 0.717) is 28.0 Å². The van der Waals surface area contributed by atoms with Crippen LogP contribution in [0.5, 0.6) is 0 Å². The Bertz CT molecular complexity index is 1290. The van der Waals surface area contributed by atoms with Crippen LogP contribution in [-0.2, 0) is 6.42 Å². The number of hydrogen-bond acceptors (Lipinski definition) is 4. The van der Waals surface area contributed by atoms with Crippen LogP contribution in [0.25, 0.3) is 22.4 Å². The smallest absolute Gasteiger partial charge is 0.278 e. The third kappa shape index (κ3) is 4.10. The summed E-state index contributed by atoms with van der Waals surface area (Å²) in [5.41, 5.74) is 4.50. The number of aromatic nitrogens is 3. The fourth-order valence-corrected chi connectivity index (χ4v) is 3.51. The van der Waals surface area contributed by atoms with Crippen LogP contribution < -0.4 is 10.9 Å². The van der Waals surface area contributed by atoms with Crippen LogP contribution in [0.15, 0.2) is 71.7 Å². The summed E-state index contributed by atoms with van der Waals surface area (Å²) in [6.45, 7) is 5.98. The van der Waals surface area contributed by atoms with E-state index in [1.807, 2.05) is 44.2 Å². The predicted octanol–water partition coefficient (Wildman–Crippen LogP) is 4.85. The standard InChI is InChI=1S/C25H24N4O2/c1-4-17-7-13-20(14-8-17)27-24(30)19-11-9-18(10-12-19)22-25(31)29(16(2)3)23-21(28-22)6-5-15-26-23/h5-16H,4H2,1-3H3,(H,27,30). The zero-order valence-corrected chi connectivity index (χ0v) is 17.8.